The molecule has 2 amide bonds. The number of aromatic nitrogens is 3. The lowest BCUT2D eigenvalue weighted by atomic mass is 10.0. The molecule has 2 aromatic rings. The Bertz CT molecular complexity index is 885. The van der Waals surface area contributed by atoms with Crippen molar-refractivity contribution in [2.75, 3.05) is 13.6 Å². The lowest BCUT2D eigenvalue weighted by Crippen LogP contribution is -2.48. The van der Waals surface area contributed by atoms with Crippen molar-refractivity contribution in [2.45, 2.75) is 38.5 Å². The summed E-state index contributed by atoms with van der Waals surface area (Å²) in [5.74, 6) is -3.21. The predicted molar refractivity (Wildman–Crippen MR) is 91.5 cm³/mol. The molecule has 2 N–H and O–H groups in total. The van der Waals surface area contributed by atoms with E-state index in [0.717, 1.165) is 12.1 Å². The molecule has 3 rings (SSSR count). The Balaban J connectivity index is 2.02. The van der Waals surface area contributed by atoms with E-state index in [9.17, 15) is 23.5 Å². The highest BCUT2D eigenvalue weighted by molar-refractivity contribution is 5.90. The molecular weight excluding hydrogens is 360 g/mol. The smallest absolute Gasteiger partial charge is 0.248 e. The maximum Gasteiger partial charge on any atom is 0.248 e. The number of likely N-dealkylation sites (tertiary alicyclic amines) is 1. The van der Waals surface area contributed by atoms with Gasteiger partial charge in [-0.2, -0.15) is 0 Å². The van der Waals surface area contributed by atoms with Crippen molar-refractivity contribution in [1.82, 2.24) is 25.2 Å². The SMILES string of the molecule is CNC(=O)[C@@H]1C[C@@H](O)CN1C(=O)[C@H](C(C)C)n1nnc2cc(F)c(F)cc21. The van der Waals surface area contributed by atoms with E-state index in [4.69, 9.17) is 0 Å². The average Bonchev–Trinajstić information content (AvgIpc) is 3.18. The van der Waals surface area contributed by atoms with E-state index in [0.29, 0.717) is 0 Å². The van der Waals surface area contributed by atoms with Gasteiger partial charge in [0.2, 0.25) is 11.8 Å². The first-order valence-electron chi connectivity index (χ1n) is 8.64. The van der Waals surface area contributed by atoms with Gasteiger partial charge in [-0.15, -0.1) is 5.10 Å². The highest BCUT2D eigenvalue weighted by atomic mass is 19.2. The number of β-amino-alcohol motifs (C(OH)–C–C–N with tert-alkyl or cyclic N) is 1. The van der Waals surface area contributed by atoms with E-state index in [1.165, 1.54) is 16.6 Å². The second kappa shape index (κ2) is 7.18. The van der Waals surface area contributed by atoms with Crippen LogP contribution in [-0.2, 0) is 9.59 Å². The Morgan fingerprint density at radius 3 is 2.59 bits per heavy atom. The third kappa shape index (κ3) is 3.36. The zero-order valence-corrected chi connectivity index (χ0v) is 15.2. The van der Waals surface area contributed by atoms with E-state index in [1.807, 2.05) is 0 Å². The molecule has 1 aromatic carbocycles. The number of halogens is 2. The lowest BCUT2D eigenvalue weighted by molar-refractivity contribution is -0.142. The van der Waals surface area contributed by atoms with Gasteiger partial charge in [0.05, 0.1) is 11.6 Å². The number of benzene rings is 1. The van der Waals surface area contributed by atoms with E-state index < -0.39 is 35.7 Å². The standard InChI is InChI=1S/C17H21F2N5O3/c1-8(2)15(17(27)23-7-9(25)4-14(23)16(26)20-3)24-13-6-11(19)10(18)5-12(13)21-22-24/h5-6,8-9,14-15,25H,4,7H2,1-3H3,(H,20,26)/t9-,14+,15+/m1/s1. The third-order valence-corrected chi connectivity index (χ3v) is 4.77. The summed E-state index contributed by atoms with van der Waals surface area (Å²) in [5, 5.41) is 20.2. The van der Waals surface area contributed by atoms with Crippen molar-refractivity contribution in [3.8, 4) is 0 Å². The normalized spacial score (nSPS) is 21.1. The van der Waals surface area contributed by atoms with E-state index in [1.54, 1.807) is 13.8 Å². The molecule has 0 unspecified atom stereocenters. The van der Waals surface area contributed by atoms with Crippen LogP contribution >= 0.6 is 0 Å². The van der Waals surface area contributed by atoms with Gasteiger partial charge in [0, 0.05) is 32.1 Å². The fraction of sp³-hybridized carbons (Fsp3) is 0.529. The van der Waals surface area contributed by atoms with Crippen molar-refractivity contribution in [1.29, 1.82) is 0 Å². The van der Waals surface area contributed by atoms with Crippen molar-refractivity contribution in [3.63, 3.8) is 0 Å². The van der Waals surface area contributed by atoms with Gasteiger partial charge in [-0.05, 0) is 5.92 Å². The van der Waals surface area contributed by atoms with Crippen LogP contribution in [0, 0.1) is 17.6 Å². The molecule has 1 saturated heterocycles. The van der Waals surface area contributed by atoms with Crippen LogP contribution in [0.15, 0.2) is 12.1 Å². The van der Waals surface area contributed by atoms with Crippen LogP contribution in [0.1, 0.15) is 26.3 Å². The first-order valence-corrected chi connectivity index (χ1v) is 8.64. The highest BCUT2D eigenvalue weighted by Gasteiger charge is 2.42. The highest BCUT2D eigenvalue weighted by Crippen LogP contribution is 2.29. The van der Waals surface area contributed by atoms with Crippen LogP contribution < -0.4 is 5.32 Å². The molecular formula is C17H21F2N5O3. The molecule has 1 aliphatic heterocycles. The molecule has 0 bridgehead atoms. The number of nitrogens with zero attached hydrogens (tertiary/aromatic N) is 4. The summed E-state index contributed by atoms with van der Waals surface area (Å²) < 4.78 is 28.4. The predicted octanol–water partition coefficient (Wildman–Crippen LogP) is 0.614. The quantitative estimate of drug-likeness (QED) is 0.809. The molecule has 2 heterocycles. The van der Waals surface area contributed by atoms with E-state index in [-0.39, 0.29) is 35.8 Å². The molecule has 146 valence electrons. The molecule has 0 radical (unpaired) electrons. The number of amides is 2. The third-order valence-electron chi connectivity index (χ3n) is 4.77. The summed E-state index contributed by atoms with van der Waals surface area (Å²) >= 11 is 0. The number of nitrogens with one attached hydrogen (secondary N) is 1. The van der Waals surface area contributed by atoms with Crippen LogP contribution in [0.2, 0.25) is 0 Å². The van der Waals surface area contributed by atoms with Crippen molar-refractivity contribution < 1.29 is 23.5 Å². The van der Waals surface area contributed by atoms with Gasteiger partial charge in [-0.1, -0.05) is 19.1 Å². The van der Waals surface area contributed by atoms with Gasteiger partial charge in [0.25, 0.3) is 0 Å². The Morgan fingerprint density at radius 2 is 1.96 bits per heavy atom. The minimum absolute atomic E-state index is 0.00968. The van der Waals surface area contributed by atoms with E-state index >= 15 is 0 Å². The topological polar surface area (TPSA) is 100 Å². The summed E-state index contributed by atoms with van der Waals surface area (Å²) in [6, 6.07) is 0.172. The van der Waals surface area contributed by atoms with Crippen molar-refractivity contribution >= 4 is 22.8 Å². The van der Waals surface area contributed by atoms with Crippen LogP contribution in [0.4, 0.5) is 8.78 Å². The van der Waals surface area contributed by atoms with Crippen LogP contribution in [0.5, 0.6) is 0 Å². The van der Waals surface area contributed by atoms with Gasteiger partial charge in [0.1, 0.15) is 17.6 Å². The van der Waals surface area contributed by atoms with Crippen LogP contribution in [0.25, 0.3) is 11.0 Å². The Morgan fingerprint density at radius 1 is 1.30 bits per heavy atom. The fourth-order valence-electron chi connectivity index (χ4n) is 3.45. The number of carbonyl (C=O) groups excluding carboxylic acids is 2. The van der Waals surface area contributed by atoms with Gasteiger partial charge in [-0.25, -0.2) is 13.5 Å². The molecule has 1 fully saturated rings. The number of hydrogen-bond acceptors (Lipinski definition) is 5. The number of rotatable bonds is 4. The average molecular weight is 381 g/mol. The summed E-state index contributed by atoms with van der Waals surface area (Å²) in [4.78, 5) is 26.6. The maximum absolute atomic E-state index is 13.7. The van der Waals surface area contributed by atoms with Gasteiger partial charge in [-0.3, -0.25) is 9.59 Å². The van der Waals surface area contributed by atoms with E-state index in [2.05, 4.69) is 15.6 Å². The first-order chi connectivity index (χ1) is 12.7. The number of aliphatic hydroxyl groups excluding tert-OH is 1. The molecule has 10 heteroatoms. The van der Waals surface area contributed by atoms with Crippen molar-refractivity contribution in [2.24, 2.45) is 5.92 Å². The molecule has 0 spiro atoms. The van der Waals surface area contributed by atoms with Gasteiger partial charge < -0.3 is 15.3 Å². The second-order valence-electron chi connectivity index (χ2n) is 6.99. The van der Waals surface area contributed by atoms with Gasteiger partial charge in [0.15, 0.2) is 11.6 Å². The number of likely N-dealkylation sites (N-methyl/N-ethyl adjacent to an activating group) is 1. The monoisotopic (exact) mass is 381 g/mol. The maximum atomic E-state index is 13.7. The lowest BCUT2D eigenvalue weighted by Gasteiger charge is -2.29. The second-order valence-corrected chi connectivity index (χ2v) is 6.99. The Kier molecular flexibility index (Phi) is 5.09. The zero-order chi connectivity index (χ0) is 19.9. The molecule has 27 heavy (non-hydrogen) atoms. The van der Waals surface area contributed by atoms with Crippen molar-refractivity contribution in [3.05, 3.63) is 23.8 Å². The minimum atomic E-state index is -1.07. The Labute approximate surface area is 154 Å². The van der Waals surface area contributed by atoms with Crippen LogP contribution in [0.3, 0.4) is 0 Å². The molecule has 0 aliphatic carbocycles. The Hall–Kier alpha value is -2.62. The molecule has 1 aliphatic rings. The number of hydrogen-bond donors (Lipinski definition) is 2. The number of fused-ring (bicyclic) bond motifs is 1. The molecule has 3 atom stereocenters. The minimum Gasteiger partial charge on any atom is -0.391 e. The summed E-state index contributed by atoms with van der Waals surface area (Å²) in [5.41, 5.74) is 0.300. The number of aliphatic hydroxyl groups is 1. The summed E-state index contributed by atoms with van der Waals surface area (Å²) in [7, 11) is 1.46. The zero-order valence-electron chi connectivity index (χ0n) is 15.2. The summed E-state index contributed by atoms with van der Waals surface area (Å²) in [6.07, 6.45) is -0.683. The largest absolute Gasteiger partial charge is 0.391 e. The molecule has 1 aromatic heterocycles. The fourth-order valence-corrected chi connectivity index (χ4v) is 3.45. The molecule has 8 nitrogen and oxygen atoms in total. The first kappa shape index (κ1) is 19.2. The van der Waals surface area contributed by atoms with Crippen LogP contribution in [-0.4, -0.2) is 62.6 Å². The summed E-state index contributed by atoms with van der Waals surface area (Å²) in [6.45, 7) is 3.56. The van der Waals surface area contributed by atoms with Gasteiger partial charge >= 0.3 is 0 Å². The molecule has 0 saturated carbocycles. The number of carbonyl (C=O) groups is 2.